The van der Waals surface area contributed by atoms with Crippen molar-refractivity contribution >= 4 is 47.9 Å². The van der Waals surface area contributed by atoms with Crippen molar-refractivity contribution in [3.05, 3.63) is 58.1 Å². The van der Waals surface area contributed by atoms with E-state index in [1.54, 1.807) is 18.2 Å². The van der Waals surface area contributed by atoms with Crippen molar-refractivity contribution in [1.82, 2.24) is 4.67 Å². The lowest BCUT2D eigenvalue weighted by molar-refractivity contribution is -0.127. The summed E-state index contributed by atoms with van der Waals surface area (Å²) in [4.78, 5) is 27.1. The van der Waals surface area contributed by atoms with E-state index in [1.807, 2.05) is 17.4 Å². The molecule has 0 radical (unpaired) electrons. The quantitative estimate of drug-likeness (QED) is 0.363. The van der Waals surface area contributed by atoms with E-state index in [2.05, 4.69) is 17.0 Å². The zero-order chi connectivity index (χ0) is 30.1. The SMILES string of the molecule is CPN(C[C@@H]1CC[C@H]1CN1C[C@@]2(CCCc3cc(Cl)ccc32)COc2ccc(C(=O)O)cc21)C(=O)CCCS(N)(=O)=O. The minimum absolute atomic E-state index is 0.0406. The second-order valence-electron chi connectivity index (χ2n) is 11.9. The van der Waals surface area contributed by atoms with Gasteiger partial charge in [-0.25, -0.2) is 18.4 Å². The topological polar surface area (TPSA) is 130 Å². The zero-order valence-electron chi connectivity index (χ0n) is 23.9. The van der Waals surface area contributed by atoms with Gasteiger partial charge in [0.2, 0.25) is 15.9 Å². The number of carboxylic acid groups (broad SMARTS) is 1. The molecule has 2 aromatic carbocycles. The molecule has 1 unspecified atom stereocenters. The highest BCUT2D eigenvalue weighted by Gasteiger charge is 2.43. The molecule has 4 atom stereocenters. The highest BCUT2D eigenvalue weighted by atomic mass is 35.5. The van der Waals surface area contributed by atoms with Crippen LogP contribution in [0.1, 0.15) is 60.0 Å². The molecule has 1 fully saturated rings. The monoisotopic (exact) mass is 635 g/mol. The van der Waals surface area contributed by atoms with Crippen molar-refractivity contribution < 1.29 is 27.9 Å². The lowest BCUT2D eigenvalue weighted by atomic mass is 9.69. The van der Waals surface area contributed by atoms with Gasteiger partial charge in [-0.3, -0.25) is 4.79 Å². The first kappa shape index (κ1) is 31.0. The maximum absolute atomic E-state index is 12.9. The average molecular weight is 636 g/mol. The van der Waals surface area contributed by atoms with Crippen LogP contribution in [-0.2, 0) is 26.7 Å². The molecule has 0 bridgehead atoms. The van der Waals surface area contributed by atoms with Gasteiger partial charge >= 0.3 is 5.97 Å². The number of amides is 1. The minimum Gasteiger partial charge on any atom is -0.490 e. The van der Waals surface area contributed by atoms with E-state index in [0.717, 1.165) is 49.4 Å². The van der Waals surface area contributed by atoms with Crippen LogP contribution in [0.15, 0.2) is 36.4 Å². The molecule has 12 heteroatoms. The number of primary sulfonamides is 1. The van der Waals surface area contributed by atoms with Gasteiger partial charge in [-0.1, -0.05) is 17.7 Å². The molecule has 3 N–H and O–H groups in total. The van der Waals surface area contributed by atoms with E-state index >= 15 is 0 Å². The number of nitrogens with two attached hydrogens (primary N) is 1. The van der Waals surface area contributed by atoms with E-state index in [1.165, 1.54) is 11.1 Å². The molecule has 3 aliphatic rings. The Morgan fingerprint density at radius 3 is 2.69 bits per heavy atom. The Morgan fingerprint density at radius 1 is 1.21 bits per heavy atom. The van der Waals surface area contributed by atoms with Gasteiger partial charge in [0, 0.05) is 36.5 Å². The molecule has 0 saturated heterocycles. The van der Waals surface area contributed by atoms with Gasteiger partial charge in [-0.15, -0.1) is 0 Å². The van der Waals surface area contributed by atoms with Crippen molar-refractivity contribution in [3.63, 3.8) is 0 Å². The van der Waals surface area contributed by atoms with Crippen LogP contribution < -0.4 is 14.8 Å². The minimum atomic E-state index is -3.59. The van der Waals surface area contributed by atoms with Crippen LogP contribution in [0.2, 0.25) is 5.02 Å². The molecular formula is C30H39ClN3O6PS. The highest BCUT2D eigenvalue weighted by molar-refractivity contribution is 7.89. The molecule has 42 heavy (non-hydrogen) atoms. The Kier molecular flexibility index (Phi) is 9.38. The lowest BCUT2D eigenvalue weighted by Crippen LogP contribution is -2.49. The first-order chi connectivity index (χ1) is 20.0. The zero-order valence-corrected chi connectivity index (χ0v) is 26.4. The van der Waals surface area contributed by atoms with Crippen LogP contribution in [0.5, 0.6) is 5.75 Å². The highest BCUT2D eigenvalue weighted by Crippen LogP contribution is 2.46. The molecule has 1 amide bonds. The number of carbonyl (C=O) groups excluding carboxylic acids is 1. The van der Waals surface area contributed by atoms with Gasteiger partial charge in [-0.05, 0) is 107 Å². The van der Waals surface area contributed by atoms with Crippen LogP contribution in [0, 0.1) is 11.8 Å². The third-order valence-corrected chi connectivity index (χ3v) is 11.2. The second kappa shape index (κ2) is 12.7. The Bertz CT molecular complexity index is 1460. The number of aromatic carboxylic acids is 1. The Morgan fingerprint density at radius 2 is 2.00 bits per heavy atom. The average Bonchev–Trinajstić information content (AvgIpc) is 3.07. The summed E-state index contributed by atoms with van der Waals surface area (Å²) >= 11 is 6.36. The molecule has 2 aliphatic carbocycles. The number of fused-ring (bicyclic) bond motifs is 3. The molecule has 228 valence electrons. The van der Waals surface area contributed by atoms with Crippen molar-refractivity contribution in [2.24, 2.45) is 17.0 Å². The van der Waals surface area contributed by atoms with Crippen molar-refractivity contribution in [2.75, 3.05) is 43.6 Å². The van der Waals surface area contributed by atoms with Crippen LogP contribution in [0.25, 0.3) is 0 Å². The smallest absolute Gasteiger partial charge is 0.335 e. The summed E-state index contributed by atoms with van der Waals surface area (Å²) in [5.74, 6) is 0.111. The van der Waals surface area contributed by atoms with Gasteiger partial charge < -0.3 is 19.4 Å². The van der Waals surface area contributed by atoms with Crippen LogP contribution in [0.3, 0.4) is 0 Å². The van der Waals surface area contributed by atoms with E-state index in [0.29, 0.717) is 37.3 Å². The normalized spacial score (nSPS) is 23.5. The predicted molar refractivity (Wildman–Crippen MR) is 167 cm³/mol. The van der Waals surface area contributed by atoms with Crippen molar-refractivity contribution in [2.45, 2.75) is 50.4 Å². The van der Waals surface area contributed by atoms with E-state index in [4.69, 9.17) is 21.5 Å². The molecule has 5 rings (SSSR count). The summed E-state index contributed by atoms with van der Waals surface area (Å²) in [5.41, 5.74) is 3.27. The number of rotatable bonds is 10. The van der Waals surface area contributed by atoms with E-state index in [9.17, 15) is 23.1 Å². The number of hydrogen-bond donors (Lipinski definition) is 2. The number of benzene rings is 2. The molecule has 9 nitrogen and oxygen atoms in total. The lowest BCUT2D eigenvalue weighted by Gasteiger charge is -2.45. The Labute approximate surface area is 254 Å². The number of hydrogen-bond acceptors (Lipinski definition) is 6. The number of anilines is 1. The summed E-state index contributed by atoms with van der Waals surface area (Å²) in [6.45, 7) is 4.54. The summed E-state index contributed by atoms with van der Waals surface area (Å²) < 4.78 is 30.9. The predicted octanol–water partition coefficient (Wildman–Crippen LogP) is 4.66. The fourth-order valence-electron chi connectivity index (χ4n) is 6.76. The van der Waals surface area contributed by atoms with Crippen molar-refractivity contribution in [1.29, 1.82) is 0 Å². The molecule has 1 heterocycles. The number of carboxylic acids is 1. The Hall–Kier alpha value is -2.39. The third kappa shape index (κ3) is 6.88. The maximum Gasteiger partial charge on any atom is 0.335 e. The number of sulfonamides is 1. The fourth-order valence-corrected chi connectivity index (χ4v) is 8.28. The summed E-state index contributed by atoms with van der Waals surface area (Å²) in [6, 6.07) is 11.2. The standard InChI is InChI=1S/C30H39ClN3O6PS/c1-41-34(28(35)5-3-13-42(32,38)39)17-23-7-6-22(23)16-33-18-30(12-2-4-20-14-24(31)9-10-25(20)30)19-40-27-11-8-21(29(36)37)15-26(27)33/h8-11,14-15,22-23,41H,2-7,12-13,16-19H2,1H3,(H,36,37)(H2,32,38,39)/t22-,23-,30-/m0/s1. The maximum atomic E-state index is 12.9. The van der Waals surface area contributed by atoms with Gasteiger partial charge in [0.05, 0.1) is 23.6 Å². The van der Waals surface area contributed by atoms with E-state index < -0.39 is 16.0 Å². The number of ether oxygens (including phenoxy) is 1. The molecule has 2 aromatic rings. The third-order valence-electron chi connectivity index (χ3n) is 9.12. The van der Waals surface area contributed by atoms with Gasteiger partial charge in [0.25, 0.3) is 0 Å². The fraction of sp³-hybridized carbons (Fsp3) is 0.533. The van der Waals surface area contributed by atoms with Gasteiger partial charge in [-0.2, -0.15) is 0 Å². The van der Waals surface area contributed by atoms with Crippen molar-refractivity contribution in [3.8, 4) is 5.75 Å². The molecule has 1 spiro atoms. The number of halogens is 1. The molecule has 1 aliphatic heterocycles. The second-order valence-corrected chi connectivity index (χ2v) is 15.0. The molecule has 1 saturated carbocycles. The van der Waals surface area contributed by atoms with Crippen LogP contribution in [-0.4, -0.2) is 68.7 Å². The first-order valence-corrected chi connectivity index (χ1v) is 18.0. The molecular weight excluding hydrogens is 597 g/mol. The number of carbonyl (C=O) groups is 2. The summed E-state index contributed by atoms with van der Waals surface area (Å²) in [7, 11) is -3.30. The van der Waals surface area contributed by atoms with Crippen LogP contribution >= 0.6 is 20.3 Å². The van der Waals surface area contributed by atoms with Gasteiger partial charge in [0.15, 0.2) is 0 Å². The summed E-state index contributed by atoms with van der Waals surface area (Å²) in [6.07, 6.45) is 5.37. The van der Waals surface area contributed by atoms with Crippen LogP contribution in [0.4, 0.5) is 5.69 Å². The van der Waals surface area contributed by atoms with Gasteiger partial charge in [0.1, 0.15) is 5.75 Å². The largest absolute Gasteiger partial charge is 0.490 e. The molecule has 0 aromatic heterocycles. The van der Waals surface area contributed by atoms with E-state index in [-0.39, 0.29) is 44.2 Å². The Balaban J connectivity index is 1.37. The summed E-state index contributed by atoms with van der Waals surface area (Å²) in [5, 5.41) is 15.6. The number of nitrogens with zero attached hydrogens (tertiary/aromatic N) is 2. The first-order valence-electron chi connectivity index (χ1n) is 14.5. The number of aryl methyl sites for hydroxylation is 1.